The lowest BCUT2D eigenvalue weighted by Gasteiger charge is -2.26. The number of benzene rings is 2. The fourth-order valence-corrected chi connectivity index (χ4v) is 4.12. The van der Waals surface area contributed by atoms with E-state index in [1.54, 1.807) is 0 Å². The fourth-order valence-electron chi connectivity index (χ4n) is 3.95. The van der Waals surface area contributed by atoms with E-state index in [2.05, 4.69) is 4.90 Å². The second-order valence-corrected chi connectivity index (χ2v) is 9.73. The Morgan fingerprint density at radius 3 is 2.50 bits per heavy atom. The van der Waals surface area contributed by atoms with Crippen LogP contribution in [0.15, 0.2) is 54.6 Å². The highest BCUT2D eigenvalue weighted by molar-refractivity contribution is 6.32. The van der Waals surface area contributed by atoms with Gasteiger partial charge in [0.2, 0.25) is 5.88 Å². The molecule has 0 saturated heterocycles. The van der Waals surface area contributed by atoms with E-state index in [1.807, 2.05) is 80.1 Å². The van der Waals surface area contributed by atoms with E-state index in [-0.39, 0.29) is 6.10 Å². The molecule has 7 heteroatoms. The second-order valence-electron chi connectivity index (χ2n) is 9.32. The summed E-state index contributed by atoms with van der Waals surface area (Å²) >= 11 is 6.43. The topological polar surface area (TPSA) is 59.8 Å². The third kappa shape index (κ3) is 6.60. The van der Waals surface area contributed by atoms with E-state index in [1.165, 1.54) is 12.8 Å². The van der Waals surface area contributed by atoms with Crippen molar-refractivity contribution in [3.63, 3.8) is 0 Å². The van der Waals surface area contributed by atoms with Crippen molar-refractivity contribution in [3.05, 3.63) is 70.9 Å². The third-order valence-corrected chi connectivity index (χ3v) is 6.18. The van der Waals surface area contributed by atoms with Crippen LogP contribution in [0.1, 0.15) is 37.9 Å². The summed E-state index contributed by atoms with van der Waals surface area (Å²) in [5, 5.41) is 16.0. The molecular weight excluding hydrogens is 450 g/mol. The van der Waals surface area contributed by atoms with Crippen LogP contribution in [0.5, 0.6) is 11.6 Å². The largest absolute Gasteiger partial charge is 0.437 e. The first-order chi connectivity index (χ1) is 16.4. The van der Waals surface area contributed by atoms with Crippen molar-refractivity contribution in [1.82, 2.24) is 14.7 Å². The number of aromatic nitrogens is 2. The monoisotopic (exact) mass is 483 g/mol. The summed E-state index contributed by atoms with van der Waals surface area (Å²) in [5.74, 6) is 1.91. The SMILES string of the molecule is Cc1nn(-c2ccccc2)c(Oc2ccccc2Cl)c1CN(CC1CC1)C[C@@H](O)COC(C)C. The van der Waals surface area contributed by atoms with Gasteiger partial charge in [0.25, 0.3) is 0 Å². The maximum atomic E-state index is 10.6. The summed E-state index contributed by atoms with van der Waals surface area (Å²) < 4.78 is 13.9. The maximum Gasteiger partial charge on any atom is 0.227 e. The van der Waals surface area contributed by atoms with Crippen LogP contribution in [0.25, 0.3) is 5.69 Å². The fraction of sp³-hybridized carbons (Fsp3) is 0.444. The van der Waals surface area contributed by atoms with Gasteiger partial charge >= 0.3 is 0 Å². The zero-order valence-electron chi connectivity index (χ0n) is 20.2. The van der Waals surface area contributed by atoms with Gasteiger partial charge in [-0.15, -0.1) is 0 Å². The van der Waals surface area contributed by atoms with Crippen molar-refractivity contribution in [2.75, 3.05) is 19.7 Å². The normalized spacial score (nSPS) is 14.7. The molecule has 0 bridgehead atoms. The van der Waals surface area contributed by atoms with Crippen molar-refractivity contribution in [3.8, 4) is 17.3 Å². The van der Waals surface area contributed by atoms with Crippen LogP contribution in [-0.2, 0) is 11.3 Å². The van der Waals surface area contributed by atoms with Crippen LogP contribution in [0.2, 0.25) is 5.02 Å². The number of halogens is 1. The van der Waals surface area contributed by atoms with E-state index in [0.717, 1.165) is 23.5 Å². The minimum Gasteiger partial charge on any atom is -0.437 e. The van der Waals surface area contributed by atoms with Gasteiger partial charge in [0, 0.05) is 19.6 Å². The molecule has 1 aliphatic carbocycles. The summed E-state index contributed by atoms with van der Waals surface area (Å²) in [5.41, 5.74) is 2.79. The highest BCUT2D eigenvalue weighted by Crippen LogP contribution is 2.36. The van der Waals surface area contributed by atoms with Crippen LogP contribution in [-0.4, -0.2) is 51.7 Å². The predicted octanol–water partition coefficient (Wildman–Crippen LogP) is 5.62. The Hall–Kier alpha value is -2.38. The second kappa shape index (κ2) is 11.4. The Bertz CT molecular complexity index is 1070. The molecule has 1 aliphatic rings. The Labute approximate surface area is 207 Å². The number of hydrogen-bond acceptors (Lipinski definition) is 5. The molecule has 2 aromatic carbocycles. The van der Waals surface area contributed by atoms with Crippen molar-refractivity contribution in [2.24, 2.45) is 5.92 Å². The lowest BCUT2D eigenvalue weighted by atomic mass is 10.2. The van der Waals surface area contributed by atoms with Gasteiger partial charge in [0.05, 0.1) is 40.8 Å². The molecule has 3 aromatic rings. The Morgan fingerprint density at radius 2 is 1.82 bits per heavy atom. The Morgan fingerprint density at radius 1 is 1.12 bits per heavy atom. The Balaban J connectivity index is 1.64. The van der Waals surface area contributed by atoms with Gasteiger partial charge in [0.1, 0.15) is 5.75 Å². The number of aryl methyl sites for hydroxylation is 1. The number of aliphatic hydroxyl groups excluding tert-OH is 1. The van der Waals surface area contributed by atoms with Gasteiger partial charge in [-0.2, -0.15) is 5.10 Å². The van der Waals surface area contributed by atoms with Gasteiger partial charge in [0.15, 0.2) is 0 Å². The summed E-state index contributed by atoms with van der Waals surface area (Å²) in [7, 11) is 0. The van der Waals surface area contributed by atoms with Gasteiger partial charge in [-0.25, -0.2) is 4.68 Å². The van der Waals surface area contributed by atoms with Gasteiger partial charge in [-0.05, 0) is 63.8 Å². The first kappa shape index (κ1) is 24.7. The molecule has 0 aliphatic heterocycles. The molecule has 1 heterocycles. The molecule has 0 amide bonds. The molecule has 1 atom stereocenters. The molecule has 0 radical (unpaired) electrons. The lowest BCUT2D eigenvalue weighted by Crippen LogP contribution is -2.36. The minimum atomic E-state index is -0.557. The minimum absolute atomic E-state index is 0.0912. The van der Waals surface area contributed by atoms with Crippen LogP contribution in [0.4, 0.5) is 0 Å². The van der Waals surface area contributed by atoms with Crippen LogP contribution in [0.3, 0.4) is 0 Å². The highest BCUT2D eigenvalue weighted by atomic mass is 35.5. The van der Waals surface area contributed by atoms with Crippen molar-refractivity contribution in [1.29, 1.82) is 0 Å². The number of para-hydroxylation sites is 2. The van der Waals surface area contributed by atoms with Gasteiger partial charge < -0.3 is 14.6 Å². The molecule has 1 aromatic heterocycles. The standard InChI is InChI=1S/C27H34ClN3O3/c1-19(2)33-18-23(32)16-30(15-21-13-14-21)17-24-20(3)29-31(22-9-5-4-6-10-22)27(24)34-26-12-8-7-11-25(26)28/h4-12,19,21,23,32H,13-18H2,1-3H3/t23-/m1/s1. The smallest absolute Gasteiger partial charge is 0.227 e. The predicted molar refractivity (Wildman–Crippen MR) is 135 cm³/mol. The van der Waals surface area contributed by atoms with E-state index in [4.69, 9.17) is 26.2 Å². The number of rotatable bonds is 12. The molecule has 1 fully saturated rings. The number of ether oxygens (including phenoxy) is 2. The van der Waals surface area contributed by atoms with E-state index < -0.39 is 6.10 Å². The number of aliphatic hydroxyl groups is 1. The van der Waals surface area contributed by atoms with Crippen molar-refractivity contribution < 1.29 is 14.6 Å². The first-order valence-corrected chi connectivity index (χ1v) is 12.4. The van der Waals surface area contributed by atoms with Crippen molar-refractivity contribution >= 4 is 11.6 Å². The maximum absolute atomic E-state index is 10.6. The molecular formula is C27H34ClN3O3. The quantitative estimate of drug-likeness (QED) is 0.362. The average Bonchev–Trinajstić information content (AvgIpc) is 3.58. The summed E-state index contributed by atoms with van der Waals surface area (Å²) in [4.78, 5) is 2.30. The molecule has 182 valence electrons. The number of nitrogens with zero attached hydrogens (tertiary/aromatic N) is 3. The van der Waals surface area contributed by atoms with E-state index in [0.29, 0.717) is 42.3 Å². The highest BCUT2D eigenvalue weighted by Gasteiger charge is 2.28. The molecule has 0 spiro atoms. The molecule has 4 rings (SSSR count). The summed E-state index contributed by atoms with van der Waals surface area (Å²) in [6.45, 7) is 8.37. The third-order valence-electron chi connectivity index (χ3n) is 5.87. The first-order valence-electron chi connectivity index (χ1n) is 12.0. The summed E-state index contributed by atoms with van der Waals surface area (Å²) in [6, 6.07) is 17.4. The lowest BCUT2D eigenvalue weighted by molar-refractivity contribution is -0.0101. The Kier molecular flexibility index (Phi) is 8.27. The number of hydrogen-bond donors (Lipinski definition) is 1. The van der Waals surface area contributed by atoms with Crippen molar-refractivity contribution in [2.45, 2.75) is 52.4 Å². The summed E-state index contributed by atoms with van der Waals surface area (Å²) in [6.07, 6.45) is 2.01. The van der Waals surface area contributed by atoms with Gasteiger partial charge in [-0.3, -0.25) is 4.90 Å². The average molecular weight is 484 g/mol. The molecule has 0 unspecified atom stereocenters. The van der Waals surface area contributed by atoms with Gasteiger partial charge in [-0.1, -0.05) is 41.9 Å². The molecule has 6 nitrogen and oxygen atoms in total. The molecule has 1 N–H and O–H groups in total. The van der Waals surface area contributed by atoms with Crippen LogP contribution < -0.4 is 4.74 Å². The molecule has 34 heavy (non-hydrogen) atoms. The van der Waals surface area contributed by atoms with E-state index >= 15 is 0 Å². The van der Waals surface area contributed by atoms with Crippen LogP contribution >= 0.6 is 11.6 Å². The zero-order valence-corrected chi connectivity index (χ0v) is 20.9. The van der Waals surface area contributed by atoms with Crippen LogP contribution in [0, 0.1) is 12.8 Å². The van der Waals surface area contributed by atoms with E-state index in [9.17, 15) is 5.11 Å². The molecule has 1 saturated carbocycles. The zero-order chi connectivity index (χ0) is 24.1.